The zero-order chi connectivity index (χ0) is 20.7. The molecule has 1 aromatic heterocycles. The van der Waals surface area contributed by atoms with E-state index < -0.39 is 28.3 Å². The Kier molecular flexibility index (Phi) is 6.61. The number of carbonyl (C=O) groups excluding carboxylic acids is 1. The van der Waals surface area contributed by atoms with Crippen LogP contribution in [-0.2, 0) is 21.4 Å². The molecule has 0 aliphatic heterocycles. The van der Waals surface area contributed by atoms with Crippen LogP contribution in [0.5, 0.6) is 0 Å². The molecule has 0 radical (unpaired) electrons. The average Bonchev–Trinajstić information content (AvgIpc) is 3.24. The molecule has 0 aliphatic carbocycles. The van der Waals surface area contributed by atoms with Crippen molar-refractivity contribution < 1.29 is 17.6 Å². The number of anilines is 1. The summed E-state index contributed by atoms with van der Waals surface area (Å²) in [5, 5.41) is 2.69. The van der Waals surface area contributed by atoms with Crippen LogP contribution < -0.4 is 9.62 Å². The first-order valence-electron chi connectivity index (χ1n) is 9.03. The second-order valence-corrected chi connectivity index (χ2v) is 8.14. The highest BCUT2D eigenvalue weighted by Crippen LogP contribution is 2.25. The van der Waals surface area contributed by atoms with Crippen molar-refractivity contribution in [1.29, 1.82) is 0 Å². The summed E-state index contributed by atoms with van der Waals surface area (Å²) in [6.45, 7) is 0.496. The van der Waals surface area contributed by atoms with Crippen LogP contribution in [-0.4, -0.2) is 37.0 Å². The van der Waals surface area contributed by atoms with Crippen molar-refractivity contribution in [3.05, 3.63) is 79.1 Å². The largest absolute Gasteiger partial charge is 0.354 e. The van der Waals surface area contributed by atoms with Crippen LogP contribution in [0.4, 0.5) is 10.1 Å². The molecule has 0 atom stereocenters. The zero-order valence-corrected chi connectivity index (χ0v) is 16.4. The monoisotopic (exact) mass is 416 g/mol. The minimum absolute atomic E-state index is 0.0174. The maximum Gasteiger partial charge on any atom is 0.264 e. The van der Waals surface area contributed by atoms with Gasteiger partial charge in [-0.1, -0.05) is 30.3 Å². The Balaban J connectivity index is 1.73. The third-order valence-corrected chi connectivity index (χ3v) is 5.99. The lowest BCUT2D eigenvalue weighted by Gasteiger charge is -2.24. The number of benzene rings is 2. The highest BCUT2D eigenvalue weighted by atomic mass is 32.2. The fraction of sp³-hybridized carbons (Fsp3) is 0.200. The van der Waals surface area contributed by atoms with Crippen molar-refractivity contribution in [2.45, 2.75) is 17.9 Å². The van der Waals surface area contributed by atoms with Gasteiger partial charge in [-0.2, -0.15) is 0 Å². The van der Waals surface area contributed by atoms with Gasteiger partial charge in [0.1, 0.15) is 12.4 Å². The molecule has 2 aromatic carbocycles. The lowest BCUT2D eigenvalue weighted by molar-refractivity contribution is -0.119. The number of halogens is 1. The smallest absolute Gasteiger partial charge is 0.264 e. The molecule has 0 unspecified atom stereocenters. The average molecular weight is 416 g/mol. The number of aryl methyl sites for hydroxylation is 1. The number of para-hydroxylation sites is 1. The topological polar surface area (TPSA) is 84.3 Å². The summed E-state index contributed by atoms with van der Waals surface area (Å²) in [6.07, 6.45) is 5.80. The van der Waals surface area contributed by atoms with Gasteiger partial charge in [-0.25, -0.2) is 17.8 Å². The number of carbonyl (C=O) groups is 1. The molecule has 1 heterocycles. The van der Waals surface area contributed by atoms with Gasteiger partial charge in [0.15, 0.2) is 0 Å². The molecule has 0 spiro atoms. The summed E-state index contributed by atoms with van der Waals surface area (Å²) in [5.41, 5.74) is -0.176. The Labute approximate surface area is 168 Å². The number of aromatic nitrogens is 2. The summed E-state index contributed by atoms with van der Waals surface area (Å²) < 4.78 is 43.2. The molecule has 7 nitrogen and oxygen atoms in total. The number of sulfonamides is 1. The highest BCUT2D eigenvalue weighted by Gasteiger charge is 2.28. The van der Waals surface area contributed by atoms with Crippen LogP contribution >= 0.6 is 0 Å². The van der Waals surface area contributed by atoms with Gasteiger partial charge in [0.25, 0.3) is 10.0 Å². The maximum atomic E-state index is 14.4. The van der Waals surface area contributed by atoms with Crippen LogP contribution in [0.2, 0.25) is 0 Å². The van der Waals surface area contributed by atoms with Gasteiger partial charge in [-0.3, -0.25) is 9.10 Å². The normalized spacial score (nSPS) is 11.2. The van der Waals surface area contributed by atoms with Crippen molar-refractivity contribution in [3.8, 4) is 0 Å². The van der Waals surface area contributed by atoms with Crippen molar-refractivity contribution in [2.24, 2.45) is 0 Å². The van der Waals surface area contributed by atoms with Gasteiger partial charge in [0.05, 0.1) is 16.9 Å². The van der Waals surface area contributed by atoms with E-state index in [4.69, 9.17) is 0 Å². The van der Waals surface area contributed by atoms with Gasteiger partial charge in [-0.15, -0.1) is 0 Å². The van der Waals surface area contributed by atoms with Gasteiger partial charge >= 0.3 is 0 Å². The number of nitrogens with zero attached hydrogens (tertiary/aromatic N) is 3. The summed E-state index contributed by atoms with van der Waals surface area (Å²) in [6, 6.07) is 13.1. The van der Waals surface area contributed by atoms with E-state index >= 15 is 0 Å². The third-order valence-electron chi connectivity index (χ3n) is 4.21. The van der Waals surface area contributed by atoms with Crippen LogP contribution in [0.3, 0.4) is 0 Å². The summed E-state index contributed by atoms with van der Waals surface area (Å²) >= 11 is 0. The molecule has 1 amide bonds. The van der Waals surface area contributed by atoms with E-state index in [1.54, 1.807) is 30.7 Å². The third kappa shape index (κ3) is 5.20. The Bertz CT molecular complexity index is 1040. The van der Waals surface area contributed by atoms with Crippen molar-refractivity contribution >= 4 is 21.6 Å². The molecule has 9 heteroatoms. The molecular weight excluding hydrogens is 395 g/mol. The molecular formula is C20H21FN4O3S. The number of rotatable bonds is 9. The van der Waals surface area contributed by atoms with E-state index in [0.29, 0.717) is 19.5 Å². The number of imidazole rings is 1. The molecule has 3 aromatic rings. The van der Waals surface area contributed by atoms with E-state index in [2.05, 4.69) is 10.3 Å². The number of nitrogens with one attached hydrogen (secondary N) is 1. The Hall–Kier alpha value is -3.20. The molecule has 3 rings (SSSR count). The molecule has 152 valence electrons. The van der Waals surface area contributed by atoms with Crippen molar-refractivity contribution in [1.82, 2.24) is 14.9 Å². The Morgan fingerprint density at radius 1 is 1.10 bits per heavy atom. The number of amides is 1. The van der Waals surface area contributed by atoms with Crippen molar-refractivity contribution in [2.75, 3.05) is 17.4 Å². The van der Waals surface area contributed by atoms with E-state index in [1.807, 2.05) is 10.8 Å². The summed E-state index contributed by atoms with van der Waals surface area (Å²) in [5.74, 6) is -1.24. The van der Waals surface area contributed by atoms with Crippen LogP contribution in [0.15, 0.2) is 78.2 Å². The first kappa shape index (κ1) is 20.5. The molecule has 0 bridgehead atoms. The number of hydrogen-bond donors (Lipinski definition) is 1. The summed E-state index contributed by atoms with van der Waals surface area (Å²) in [4.78, 5) is 16.3. The second kappa shape index (κ2) is 9.33. The molecule has 0 saturated carbocycles. The predicted octanol–water partition coefficient (Wildman–Crippen LogP) is 2.42. The van der Waals surface area contributed by atoms with E-state index in [0.717, 1.165) is 10.4 Å². The molecule has 1 N–H and O–H groups in total. The Morgan fingerprint density at radius 3 is 2.52 bits per heavy atom. The molecule has 0 fully saturated rings. The van der Waals surface area contributed by atoms with E-state index in [-0.39, 0.29) is 10.6 Å². The number of hydrogen-bond acceptors (Lipinski definition) is 4. The van der Waals surface area contributed by atoms with Gasteiger partial charge in [-0.05, 0) is 30.7 Å². The summed E-state index contributed by atoms with van der Waals surface area (Å²) in [7, 11) is -4.12. The van der Waals surface area contributed by atoms with E-state index in [1.165, 1.54) is 30.3 Å². The zero-order valence-electron chi connectivity index (χ0n) is 15.6. The highest BCUT2D eigenvalue weighted by molar-refractivity contribution is 7.92. The van der Waals surface area contributed by atoms with Crippen LogP contribution in [0.25, 0.3) is 0 Å². The maximum absolute atomic E-state index is 14.4. The van der Waals surface area contributed by atoms with Gasteiger partial charge in [0.2, 0.25) is 5.91 Å². The Morgan fingerprint density at radius 2 is 1.83 bits per heavy atom. The quantitative estimate of drug-likeness (QED) is 0.543. The van der Waals surface area contributed by atoms with Crippen LogP contribution in [0, 0.1) is 5.82 Å². The van der Waals surface area contributed by atoms with Gasteiger partial charge < -0.3 is 9.88 Å². The minimum atomic E-state index is -4.12. The fourth-order valence-corrected chi connectivity index (χ4v) is 4.22. The fourth-order valence-electron chi connectivity index (χ4n) is 2.77. The van der Waals surface area contributed by atoms with Gasteiger partial charge in [0, 0.05) is 25.5 Å². The lowest BCUT2D eigenvalue weighted by atomic mass is 10.3. The van der Waals surface area contributed by atoms with Crippen LogP contribution in [0.1, 0.15) is 6.42 Å². The first-order valence-corrected chi connectivity index (χ1v) is 10.5. The lowest BCUT2D eigenvalue weighted by Crippen LogP contribution is -2.41. The molecule has 0 aliphatic rings. The molecule has 29 heavy (non-hydrogen) atoms. The first-order chi connectivity index (χ1) is 14.0. The van der Waals surface area contributed by atoms with E-state index in [9.17, 15) is 17.6 Å². The molecule has 0 saturated heterocycles. The predicted molar refractivity (Wildman–Crippen MR) is 107 cm³/mol. The second-order valence-electron chi connectivity index (χ2n) is 6.28. The van der Waals surface area contributed by atoms with Crippen molar-refractivity contribution in [3.63, 3.8) is 0 Å². The standard InChI is InChI=1S/C20H21FN4O3S/c21-18-9-4-5-10-19(18)25(29(27,28)17-7-2-1-3-8-17)15-20(26)23-11-6-13-24-14-12-22-16-24/h1-5,7-10,12,14,16H,6,11,13,15H2,(H,23,26). The minimum Gasteiger partial charge on any atom is -0.354 e. The SMILES string of the molecule is O=C(CN(c1ccccc1F)S(=O)(=O)c1ccccc1)NCCCn1ccnc1.